The smallest absolute Gasteiger partial charge is 0.0723 e. The Kier molecular flexibility index (Phi) is 2.37. The maximum Gasteiger partial charge on any atom is 0.0723 e. The highest BCUT2D eigenvalue weighted by Crippen LogP contribution is 2.34. The number of likely N-dealkylation sites (tertiary alicyclic amines) is 1. The SMILES string of the molecule is CN1CCCC1C(O)C1CCC1. The molecule has 0 spiro atoms. The minimum absolute atomic E-state index is 0.0359. The zero-order valence-corrected chi connectivity index (χ0v) is 7.87. The maximum atomic E-state index is 10.00. The van der Waals surface area contributed by atoms with Gasteiger partial charge in [-0.15, -0.1) is 0 Å². The number of hydrogen-bond acceptors (Lipinski definition) is 2. The van der Waals surface area contributed by atoms with Gasteiger partial charge in [-0.3, -0.25) is 0 Å². The third kappa shape index (κ3) is 1.38. The molecule has 0 aromatic rings. The summed E-state index contributed by atoms with van der Waals surface area (Å²) in [6, 6.07) is 0.468. The van der Waals surface area contributed by atoms with Crippen molar-refractivity contribution in [2.24, 2.45) is 5.92 Å². The highest BCUT2D eigenvalue weighted by molar-refractivity contribution is 4.89. The third-order valence-corrected chi connectivity index (χ3v) is 3.60. The van der Waals surface area contributed by atoms with Crippen molar-refractivity contribution in [3.8, 4) is 0 Å². The fourth-order valence-electron chi connectivity index (χ4n) is 2.46. The van der Waals surface area contributed by atoms with E-state index in [4.69, 9.17) is 0 Å². The Morgan fingerprint density at radius 2 is 2.00 bits per heavy atom. The molecule has 1 aliphatic heterocycles. The van der Waals surface area contributed by atoms with Gasteiger partial charge >= 0.3 is 0 Å². The summed E-state index contributed by atoms with van der Waals surface area (Å²) in [5, 5.41) is 10.00. The van der Waals surface area contributed by atoms with Gasteiger partial charge in [0.25, 0.3) is 0 Å². The van der Waals surface area contributed by atoms with Crippen molar-refractivity contribution in [3.63, 3.8) is 0 Å². The molecule has 2 rings (SSSR count). The quantitative estimate of drug-likeness (QED) is 0.672. The Balaban J connectivity index is 1.89. The standard InChI is InChI=1S/C10H19NO/c1-11-7-3-6-9(11)10(12)8-4-2-5-8/h8-10,12H,2-7H2,1H3. The molecular weight excluding hydrogens is 150 g/mol. The lowest BCUT2D eigenvalue weighted by molar-refractivity contribution is 0.00600. The molecule has 0 amide bonds. The molecule has 70 valence electrons. The van der Waals surface area contributed by atoms with E-state index in [-0.39, 0.29) is 6.10 Å². The van der Waals surface area contributed by atoms with E-state index in [0.29, 0.717) is 12.0 Å². The Hall–Kier alpha value is -0.0800. The first kappa shape index (κ1) is 8.52. The van der Waals surface area contributed by atoms with Gasteiger partial charge in [0.05, 0.1) is 6.10 Å². The predicted octanol–water partition coefficient (Wildman–Crippen LogP) is 1.24. The Morgan fingerprint density at radius 1 is 1.25 bits per heavy atom. The third-order valence-electron chi connectivity index (χ3n) is 3.60. The van der Waals surface area contributed by atoms with Crippen LogP contribution in [0.15, 0.2) is 0 Å². The second kappa shape index (κ2) is 3.35. The topological polar surface area (TPSA) is 23.5 Å². The van der Waals surface area contributed by atoms with Gasteiger partial charge in [0, 0.05) is 6.04 Å². The molecule has 0 bridgehead atoms. The zero-order valence-electron chi connectivity index (χ0n) is 7.87. The summed E-state index contributed by atoms with van der Waals surface area (Å²) in [4.78, 5) is 2.32. The van der Waals surface area contributed by atoms with Gasteiger partial charge in [-0.1, -0.05) is 6.42 Å². The van der Waals surface area contributed by atoms with Crippen LogP contribution in [-0.2, 0) is 0 Å². The van der Waals surface area contributed by atoms with Crippen LogP contribution in [0.25, 0.3) is 0 Å². The van der Waals surface area contributed by atoms with Crippen LogP contribution >= 0.6 is 0 Å². The number of rotatable bonds is 2. The number of hydrogen-bond donors (Lipinski definition) is 1. The van der Waals surface area contributed by atoms with Gasteiger partial charge in [0.15, 0.2) is 0 Å². The van der Waals surface area contributed by atoms with Crippen molar-refractivity contribution >= 4 is 0 Å². The predicted molar refractivity (Wildman–Crippen MR) is 49.0 cm³/mol. The van der Waals surface area contributed by atoms with Gasteiger partial charge in [0.1, 0.15) is 0 Å². The monoisotopic (exact) mass is 169 g/mol. The van der Waals surface area contributed by atoms with Gasteiger partial charge in [-0.2, -0.15) is 0 Å². The molecule has 2 nitrogen and oxygen atoms in total. The van der Waals surface area contributed by atoms with Crippen molar-refractivity contribution < 1.29 is 5.11 Å². The van der Waals surface area contributed by atoms with E-state index in [0.717, 1.165) is 0 Å². The van der Waals surface area contributed by atoms with E-state index in [1.54, 1.807) is 0 Å². The first-order valence-electron chi connectivity index (χ1n) is 5.17. The molecule has 2 aliphatic rings. The van der Waals surface area contributed by atoms with Gasteiger partial charge in [0.2, 0.25) is 0 Å². The van der Waals surface area contributed by atoms with Crippen LogP contribution in [0.1, 0.15) is 32.1 Å². The van der Waals surface area contributed by atoms with Crippen molar-refractivity contribution in [1.29, 1.82) is 0 Å². The highest BCUT2D eigenvalue weighted by atomic mass is 16.3. The second-order valence-electron chi connectivity index (χ2n) is 4.37. The minimum Gasteiger partial charge on any atom is -0.391 e. The number of aliphatic hydroxyl groups is 1. The molecule has 2 heteroatoms. The molecule has 0 aromatic heterocycles. The maximum absolute atomic E-state index is 10.00. The molecule has 2 unspecified atom stereocenters. The molecule has 1 aliphatic carbocycles. The number of likely N-dealkylation sites (N-methyl/N-ethyl adjacent to an activating group) is 1. The van der Waals surface area contributed by atoms with Crippen LogP contribution in [0, 0.1) is 5.92 Å². The normalized spacial score (nSPS) is 35.0. The van der Waals surface area contributed by atoms with Gasteiger partial charge in [-0.25, -0.2) is 0 Å². The molecule has 12 heavy (non-hydrogen) atoms. The van der Waals surface area contributed by atoms with Crippen LogP contribution in [0.3, 0.4) is 0 Å². The van der Waals surface area contributed by atoms with Gasteiger partial charge < -0.3 is 10.0 Å². The fraction of sp³-hybridized carbons (Fsp3) is 1.00. The summed E-state index contributed by atoms with van der Waals surface area (Å²) in [6.45, 7) is 1.18. The summed E-state index contributed by atoms with van der Waals surface area (Å²) in [7, 11) is 2.14. The number of aliphatic hydroxyl groups excluding tert-OH is 1. The lowest BCUT2D eigenvalue weighted by Gasteiger charge is -2.36. The van der Waals surface area contributed by atoms with Crippen molar-refractivity contribution in [1.82, 2.24) is 4.90 Å². The van der Waals surface area contributed by atoms with Gasteiger partial charge in [-0.05, 0) is 45.2 Å². The van der Waals surface area contributed by atoms with Crippen molar-refractivity contribution in [3.05, 3.63) is 0 Å². The number of nitrogens with zero attached hydrogens (tertiary/aromatic N) is 1. The van der Waals surface area contributed by atoms with E-state index < -0.39 is 0 Å². The summed E-state index contributed by atoms with van der Waals surface area (Å²) in [5.74, 6) is 0.621. The van der Waals surface area contributed by atoms with Crippen molar-refractivity contribution in [2.75, 3.05) is 13.6 Å². The first-order chi connectivity index (χ1) is 5.79. The van der Waals surface area contributed by atoms with Crippen LogP contribution in [0.2, 0.25) is 0 Å². The molecule has 1 heterocycles. The van der Waals surface area contributed by atoms with Crippen molar-refractivity contribution in [2.45, 2.75) is 44.2 Å². The molecule has 2 fully saturated rings. The molecule has 1 N–H and O–H groups in total. The molecule has 0 radical (unpaired) electrons. The average molecular weight is 169 g/mol. The summed E-state index contributed by atoms with van der Waals surface area (Å²) >= 11 is 0. The lowest BCUT2D eigenvalue weighted by atomic mass is 9.78. The van der Waals surface area contributed by atoms with E-state index in [1.165, 1.54) is 38.6 Å². The minimum atomic E-state index is -0.0359. The average Bonchev–Trinajstić information content (AvgIpc) is 2.31. The summed E-state index contributed by atoms with van der Waals surface area (Å²) in [6.07, 6.45) is 6.28. The zero-order chi connectivity index (χ0) is 8.55. The first-order valence-corrected chi connectivity index (χ1v) is 5.17. The molecular formula is C10H19NO. The van der Waals surface area contributed by atoms with Crippen LogP contribution in [-0.4, -0.2) is 35.7 Å². The lowest BCUT2D eigenvalue weighted by Crippen LogP contribution is -2.43. The summed E-state index contributed by atoms with van der Waals surface area (Å²) in [5.41, 5.74) is 0. The van der Waals surface area contributed by atoms with E-state index in [2.05, 4.69) is 11.9 Å². The van der Waals surface area contributed by atoms with Crippen LogP contribution < -0.4 is 0 Å². The second-order valence-corrected chi connectivity index (χ2v) is 4.37. The molecule has 1 saturated heterocycles. The Bertz CT molecular complexity index is 156. The van der Waals surface area contributed by atoms with Crippen LogP contribution in [0.5, 0.6) is 0 Å². The molecule has 0 aromatic carbocycles. The molecule has 2 atom stereocenters. The molecule has 1 saturated carbocycles. The largest absolute Gasteiger partial charge is 0.391 e. The Morgan fingerprint density at radius 3 is 2.42 bits per heavy atom. The van der Waals surface area contributed by atoms with E-state index in [9.17, 15) is 5.11 Å². The Labute approximate surface area is 74.6 Å². The fourth-order valence-corrected chi connectivity index (χ4v) is 2.46. The highest BCUT2D eigenvalue weighted by Gasteiger charge is 2.35. The van der Waals surface area contributed by atoms with E-state index >= 15 is 0 Å². The van der Waals surface area contributed by atoms with E-state index in [1.807, 2.05) is 0 Å². The van der Waals surface area contributed by atoms with Crippen LogP contribution in [0.4, 0.5) is 0 Å². The summed E-state index contributed by atoms with van der Waals surface area (Å²) < 4.78 is 0.